The normalized spacial score (nSPS) is 13.6. The summed E-state index contributed by atoms with van der Waals surface area (Å²) in [5.74, 6) is 1.46. The molecule has 9 heteroatoms. The Morgan fingerprint density at radius 3 is 2.81 bits per heavy atom. The van der Waals surface area contributed by atoms with Crippen molar-refractivity contribution in [2.24, 2.45) is 5.73 Å². The van der Waals surface area contributed by atoms with Crippen LogP contribution in [0.25, 0.3) is 0 Å². The van der Waals surface area contributed by atoms with Gasteiger partial charge in [-0.3, -0.25) is 9.59 Å². The van der Waals surface area contributed by atoms with E-state index in [1.54, 1.807) is 24.3 Å². The summed E-state index contributed by atoms with van der Waals surface area (Å²) in [7, 11) is 0. The van der Waals surface area contributed by atoms with Gasteiger partial charge in [0.25, 0.3) is 0 Å². The SMILES string of the molecule is NC(=O)CCn1c(SCCC(=O)Nc2cccc(Cl)c2)nnc1C1CC1. The minimum atomic E-state index is -0.350. The molecule has 0 atom stereocenters. The van der Waals surface area contributed by atoms with Gasteiger partial charge in [-0.15, -0.1) is 10.2 Å². The van der Waals surface area contributed by atoms with Gasteiger partial charge < -0.3 is 15.6 Å². The van der Waals surface area contributed by atoms with Crippen LogP contribution in [0.2, 0.25) is 5.02 Å². The van der Waals surface area contributed by atoms with Crippen LogP contribution in [0, 0.1) is 0 Å². The summed E-state index contributed by atoms with van der Waals surface area (Å²) in [6, 6.07) is 7.03. The summed E-state index contributed by atoms with van der Waals surface area (Å²) in [5, 5.41) is 12.6. The fourth-order valence-corrected chi connectivity index (χ4v) is 3.61. The van der Waals surface area contributed by atoms with Gasteiger partial charge in [-0.05, 0) is 31.0 Å². The van der Waals surface area contributed by atoms with Gasteiger partial charge in [-0.2, -0.15) is 0 Å². The van der Waals surface area contributed by atoms with Gasteiger partial charge in [-0.25, -0.2) is 0 Å². The highest BCUT2D eigenvalue weighted by Crippen LogP contribution is 2.40. The fourth-order valence-electron chi connectivity index (χ4n) is 2.51. The molecule has 7 nitrogen and oxygen atoms in total. The first-order valence-electron chi connectivity index (χ1n) is 8.42. The molecule has 1 aromatic carbocycles. The maximum atomic E-state index is 12.1. The lowest BCUT2D eigenvalue weighted by Gasteiger charge is -2.09. The van der Waals surface area contributed by atoms with Crippen LogP contribution >= 0.6 is 23.4 Å². The number of thioether (sulfide) groups is 1. The van der Waals surface area contributed by atoms with Crippen molar-refractivity contribution in [3.63, 3.8) is 0 Å². The van der Waals surface area contributed by atoms with E-state index in [-0.39, 0.29) is 18.2 Å². The number of hydrogen-bond acceptors (Lipinski definition) is 5. The van der Waals surface area contributed by atoms with E-state index < -0.39 is 0 Å². The van der Waals surface area contributed by atoms with Crippen LogP contribution in [0.5, 0.6) is 0 Å². The van der Waals surface area contributed by atoms with Crippen LogP contribution in [-0.2, 0) is 16.1 Å². The standard InChI is InChI=1S/C17H20ClN5O2S/c18-12-2-1-3-13(10-12)20-15(25)7-9-26-17-22-21-16(11-4-5-11)23(17)8-6-14(19)24/h1-3,10-11H,4-9H2,(H2,19,24)(H,20,25). The fraction of sp³-hybridized carbons (Fsp3) is 0.412. The topological polar surface area (TPSA) is 103 Å². The number of primary amides is 1. The maximum Gasteiger partial charge on any atom is 0.225 e. The van der Waals surface area contributed by atoms with E-state index in [4.69, 9.17) is 17.3 Å². The Kier molecular flexibility index (Phi) is 6.16. The first kappa shape index (κ1) is 18.7. The number of rotatable bonds is 9. The average Bonchev–Trinajstić information content (AvgIpc) is 3.34. The molecule has 0 saturated heterocycles. The zero-order chi connectivity index (χ0) is 18.5. The number of carbonyl (C=O) groups is 2. The number of nitrogens with one attached hydrogen (secondary N) is 1. The minimum absolute atomic E-state index is 0.0922. The lowest BCUT2D eigenvalue weighted by atomic mass is 10.3. The van der Waals surface area contributed by atoms with E-state index in [9.17, 15) is 9.59 Å². The van der Waals surface area contributed by atoms with Crippen molar-refractivity contribution >= 4 is 40.9 Å². The van der Waals surface area contributed by atoms with Gasteiger partial charge in [0, 0.05) is 41.8 Å². The molecule has 138 valence electrons. The van der Waals surface area contributed by atoms with Gasteiger partial charge in [-0.1, -0.05) is 29.4 Å². The van der Waals surface area contributed by atoms with Crippen LogP contribution in [-0.4, -0.2) is 32.3 Å². The number of nitrogens with two attached hydrogens (primary N) is 1. The molecule has 1 saturated carbocycles. The zero-order valence-corrected chi connectivity index (χ0v) is 15.7. The highest BCUT2D eigenvalue weighted by molar-refractivity contribution is 7.99. The first-order chi connectivity index (χ1) is 12.5. The Morgan fingerprint density at radius 2 is 2.12 bits per heavy atom. The Balaban J connectivity index is 1.54. The summed E-state index contributed by atoms with van der Waals surface area (Å²) in [6.45, 7) is 0.477. The van der Waals surface area contributed by atoms with Crippen LogP contribution < -0.4 is 11.1 Å². The van der Waals surface area contributed by atoms with Gasteiger partial charge >= 0.3 is 0 Å². The third-order valence-electron chi connectivity index (χ3n) is 3.94. The molecule has 1 heterocycles. The van der Waals surface area contributed by atoms with Gasteiger partial charge in [0.15, 0.2) is 5.16 Å². The number of aromatic nitrogens is 3. The molecule has 0 aliphatic heterocycles. The Morgan fingerprint density at radius 1 is 1.31 bits per heavy atom. The number of hydrogen-bond donors (Lipinski definition) is 2. The molecule has 0 unspecified atom stereocenters. The molecule has 2 amide bonds. The monoisotopic (exact) mass is 393 g/mol. The molecule has 1 aromatic heterocycles. The summed E-state index contributed by atoms with van der Waals surface area (Å²) in [5.41, 5.74) is 5.94. The summed E-state index contributed by atoms with van der Waals surface area (Å²) in [6.07, 6.45) is 2.78. The van der Waals surface area contributed by atoms with Crippen molar-refractivity contribution in [3.8, 4) is 0 Å². The first-order valence-corrected chi connectivity index (χ1v) is 9.79. The van der Waals surface area contributed by atoms with Crippen molar-refractivity contribution in [2.45, 2.75) is 43.3 Å². The van der Waals surface area contributed by atoms with Crippen molar-refractivity contribution in [1.29, 1.82) is 0 Å². The third-order valence-corrected chi connectivity index (χ3v) is 5.14. The van der Waals surface area contributed by atoms with E-state index >= 15 is 0 Å². The Bertz CT molecular complexity index is 806. The summed E-state index contributed by atoms with van der Waals surface area (Å²) < 4.78 is 1.96. The lowest BCUT2D eigenvalue weighted by molar-refractivity contribution is -0.118. The van der Waals surface area contributed by atoms with Crippen molar-refractivity contribution in [1.82, 2.24) is 14.8 Å². The second-order valence-corrected chi connectivity index (χ2v) is 7.64. The van der Waals surface area contributed by atoms with Crippen LogP contribution in [0.4, 0.5) is 5.69 Å². The Labute approximate surface area is 160 Å². The number of halogens is 1. The van der Waals surface area contributed by atoms with E-state index in [1.807, 2.05) is 4.57 Å². The molecule has 0 radical (unpaired) electrons. The number of amides is 2. The number of carbonyl (C=O) groups excluding carboxylic acids is 2. The molecular formula is C17H20ClN5O2S. The van der Waals surface area contributed by atoms with Crippen molar-refractivity contribution in [3.05, 3.63) is 35.1 Å². The maximum absolute atomic E-state index is 12.1. The summed E-state index contributed by atoms with van der Waals surface area (Å²) in [4.78, 5) is 23.2. The number of anilines is 1. The van der Waals surface area contributed by atoms with Crippen molar-refractivity contribution < 1.29 is 9.59 Å². The molecule has 1 aliphatic carbocycles. The predicted molar refractivity (Wildman–Crippen MR) is 101 cm³/mol. The average molecular weight is 394 g/mol. The van der Waals surface area contributed by atoms with Gasteiger partial charge in [0.2, 0.25) is 11.8 Å². The molecule has 26 heavy (non-hydrogen) atoms. The number of benzene rings is 1. The van der Waals surface area contributed by atoms with Crippen molar-refractivity contribution in [2.75, 3.05) is 11.1 Å². The molecule has 2 aromatic rings. The van der Waals surface area contributed by atoms with Crippen LogP contribution in [0.3, 0.4) is 0 Å². The largest absolute Gasteiger partial charge is 0.370 e. The number of nitrogens with zero attached hydrogens (tertiary/aromatic N) is 3. The highest BCUT2D eigenvalue weighted by atomic mass is 35.5. The minimum Gasteiger partial charge on any atom is -0.370 e. The van der Waals surface area contributed by atoms with Gasteiger partial charge in [0.05, 0.1) is 0 Å². The van der Waals surface area contributed by atoms with Crippen LogP contribution in [0.15, 0.2) is 29.4 Å². The Hall–Kier alpha value is -2.06. The molecule has 0 bridgehead atoms. The van der Waals surface area contributed by atoms with E-state index in [0.29, 0.717) is 35.3 Å². The van der Waals surface area contributed by atoms with Crippen LogP contribution in [0.1, 0.15) is 37.4 Å². The highest BCUT2D eigenvalue weighted by Gasteiger charge is 2.30. The van der Waals surface area contributed by atoms with Gasteiger partial charge in [0.1, 0.15) is 5.82 Å². The zero-order valence-electron chi connectivity index (χ0n) is 14.2. The molecule has 1 fully saturated rings. The summed E-state index contributed by atoms with van der Waals surface area (Å²) >= 11 is 7.37. The van der Waals surface area contributed by atoms with E-state index in [1.165, 1.54) is 11.8 Å². The third kappa shape index (κ3) is 5.22. The van der Waals surface area contributed by atoms with E-state index in [2.05, 4.69) is 15.5 Å². The predicted octanol–water partition coefficient (Wildman–Crippen LogP) is 2.81. The lowest BCUT2D eigenvalue weighted by Crippen LogP contribution is -2.16. The van der Waals surface area contributed by atoms with E-state index in [0.717, 1.165) is 23.8 Å². The molecule has 3 N–H and O–H groups in total. The quantitative estimate of drug-likeness (QED) is 0.637. The second kappa shape index (κ2) is 8.55. The smallest absolute Gasteiger partial charge is 0.225 e. The molecule has 1 aliphatic rings. The second-order valence-electron chi connectivity index (χ2n) is 6.14. The molecule has 0 spiro atoms. The molecule has 3 rings (SSSR count). The molecular weight excluding hydrogens is 374 g/mol.